The minimum atomic E-state index is 0.213. The monoisotopic (exact) mass is 274 g/mol. The molecule has 0 unspecified atom stereocenters. The summed E-state index contributed by atoms with van der Waals surface area (Å²) < 4.78 is 0. The van der Waals surface area contributed by atoms with Crippen LogP contribution < -0.4 is 10.6 Å². The molecular weight excluding hydrogens is 244 g/mol. The average molecular weight is 274 g/mol. The molecule has 0 saturated heterocycles. The van der Waals surface area contributed by atoms with E-state index in [2.05, 4.69) is 66.0 Å². The van der Waals surface area contributed by atoms with Gasteiger partial charge in [-0.2, -0.15) is 0 Å². The van der Waals surface area contributed by atoms with Crippen LogP contribution in [0.5, 0.6) is 0 Å². The third-order valence-electron chi connectivity index (χ3n) is 4.48. The summed E-state index contributed by atoms with van der Waals surface area (Å²) >= 11 is 0. The Bertz CT molecular complexity index is 469. The maximum absolute atomic E-state index is 3.67. The van der Waals surface area contributed by atoms with Gasteiger partial charge in [0.05, 0.1) is 11.4 Å². The highest BCUT2D eigenvalue weighted by Gasteiger charge is 2.34. The molecule has 0 aromatic rings. The number of rotatable bonds is 0. The van der Waals surface area contributed by atoms with Gasteiger partial charge < -0.3 is 10.6 Å². The first-order valence-electron chi connectivity index (χ1n) is 7.71. The maximum atomic E-state index is 3.67. The molecule has 2 nitrogen and oxygen atoms in total. The summed E-state index contributed by atoms with van der Waals surface area (Å²) in [5.41, 5.74) is 8.64. The number of nitrogens with one attached hydrogen (secondary N) is 2. The molecule has 0 atom stereocenters. The van der Waals surface area contributed by atoms with Crippen LogP contribution in [0.3, 0.4) is 0 Å². The van der Waals surface area contributed by atoms with Crippen LogP contribution in [0.25, 0.3) is 0 Å². The van der Waals surface area contributed by atoms with Crippen LogP contribution in [-0.2, 0) is 0 Å². The van der Waals surface area contributed by atoms with Crippen molar-refractivity contribution in [1.29, 1.82) is 0 Å². The zero-order chi connectivity index (χ0) is 15.3. The number of hydrogen-bond donors (Lipinski definition) is 2. The third kappa shape index (κ3) is 2.65. The summed E-state index contributed by atoms with van der Waals surface area (Å²) in [4.78, 5) is 0. The summed E-state index contributed by atoms with van der Waals surface area (Å²) in [6.45, 7) is 18.2. The van der Waals surface area contributed by atoms with E-state index in [1.807, 2.05) is 0 Å². The summed E-state index contributed by atoms with van der Waals surface area (Å²) in [6.07, 6.45) is 2.33. The average Bonchev–Trinajstić information content (AvgIpc) is 2.26. The fourth-order valence-electron chi connectivity index (χ4n) is 3.14. The molecule has 112 valence electrons. The van der Waals surface area contributed by atoms with Gasteiger partial charge in [-0.1, -0.05) is 41.5 Å². The van der Waals surface area contributed by atoms with Crippen molar-refractivity contribution >= 4 is 0 Å². The second-order valence-electron chi connectivity index (χ2n) is 8.21. The molecule has 2 aliphatic rings. The molecule has 0 saturated carbocycles. The molecule has 0 bridgehead atoms. The van der Waals surface area contributed by atoms with E-state index < -0.39 is 0 Å². The van der Waals surface area contributed by atoms with Crippen LogP contribution in [0.1, 0.15) is 68.2 Å². The molecule has 0 fully saturated rings. The van der Waals surface area contributed by atoms with Gasteiger partial charge in [-0.15, -0.1) is 0 Å². The van der Waals surface area contributed by atoms with E-state index in [-0.39, 0.29) is 10.8 Å². The molecule has 0 spiro atoms. The SMILES string of the molecule is CC1=C(C)NC2=C(C(C)(C)C)CCC(C(C)(C)C)=C2N1. The lowest BCUT2D eigenvalue weighted by Gasteiger charge is -2.40. The number of fused-ring (bicyclic) bond motifs is 1. The summed E-state index contributed by atoms with van der Waals surface area (Å²) in [5.74, 6) is 0. The molecule has 0 aromatic heterocycles. The van der Waals surface area contributed by atoms with Crippen molar-refractivity contribution in [3.05, 3.63) is 33.9 Å². The van der Waals surface area contributed by atoms with Gasteiger partial charge in [-0.05, 0) is 48.7 Å². The lowest BCUT2D eigenvalue weighted by atomic mass is 9.72. The van der Waals surface area contributed by atoms with E-state index in [1.54, 1.807) is 11.1 Å². The van der Waals surface area contributed by atoms with Gasteiger partial charge in [0.25, 0.3) is 0 Å². The smallest absolute Gasteiger partial charge is 0.0618 e. The van der Waals surface area contributed by atoms with Gasteiger partial charge in [0.15, 0.2) is 0 Å². The van der Waals surface area contributed by atoms with Crippen LogP contribution in [-0.4, -0.2) is 0 Å². The molecule has 2 N–H and O–H groups in total. The van der Waals surface area contributed by atoms with Gasteiger partial charge in [0.2, 0.25) is 0 Å². The van der Waals surface area contributed by atoms with Crippen molar-refractivity contribution in [1.82, 2.24) is 10.6 Å². The highest BCUT2D eigenvalue weighted by molar-refractivity contribution is 5.49. The first kappa shape index (κ1) is 15.2. The molecule has 0 radical (unpaired) electrons. The van der Waals surface area contributed by atoms with E-state index in [9.17, 15) is 0 Å². The lowest BCUT2D eigenvalue weighted by molar-refractivity contribution is 0.426. The van der Waals surface area contributed by atoms with E-state index in [1.165, 1.54) is 22.8 Å². The standard InChI is InChI=1S/C18H30N2/c1-11-12(2)20-16-14(18(6,7)8)10-9-13(15(16)19-11)17(3,4)5/h19-20H,9-10H2,1-8H3. The third-order valence-corrected chi connectivity index (χ3v) is 4.48. The Morgan fingerprint density at radius 2 is 0.950 bits per heavy atom. The summed E-state index contributed by atoms with van der Waals surface area (Å²) in [6, 6.07) is 0. The summed E-state index contributed by atoms with van der Waals surface area (Å²) in [5, 5.41) is 7.33. The first-order valence-corrected chi connectivity index (χ1v) is 7.71. The van der Waals surface area contributed by atoms with Crippen molar-refractivity contribution in [3.8, 4) is 0 Å². The van der Waals surface area contributed by atoms with Gasteiger partial charge in [0, 0.05) is 11.4 Å². The van der Waals surface area contributed by atoms with E-state index in [0.717, 1.165) is 12.8 Å². The van der Waals surface area contributed by atoms with Gasteiger partial charge >= 0.3 is 0 Å². The largest absolute Gasteiger partial charge is 0.356 e. The van der Waals surface area contributed by atoms with Crippen molar-refractivity contribution in [2.24, 2.45) is 10.8 Å². The van der Waals surface area contributed by atoms with Gasteiger partial charge in [-0.3, -0.25) is 0 Å². The van der Waals surface area contributed by atoms with E-state index >= 15 is 0 Å². The zero-order valence-corrected chi connectivity index (χ0v) is 14.4. The first-order chi connectivity index (χ1) is 9.01. The van der Waals surface area contributed by atoms with Crippen LogP contribution in [0, 0.1) is 10.8 Å². The molecule has 1 heterocycles. The van der Waals surface area contributed by atoms with E-state index in [4.69, 9.17) is 0 Å². The van der Waals surface area contributed by atoms with Crippen LogP contribution in [0.2, 0.25) is 0 Å². The normalized spacial score (nSPS) is 20.8. The molecule has 20 heavy (non-hydrogen) atoms. The van der Waals surface area contributed by atoms with Crippen molar-refractivity contribution < 1.29 is 0 Å². The molecule has 0 aromatic carbocycles. The quantitative estimate of drug-likeness (QED) is 0.661. The van der Waals surface area contributed by atoms with Crippen LogP contribution >= 0.6 is 0 Å². The Morgan fingerprint density at radius 1 is 0.650 bits per heavy atom. The van der Waals surface area contributed by atoms with Crippen molar-refractivity contribution in [2.45, 2.75) is 68.2 Å². The molecular formula is C18H30N2. The highest BCUT2D eigenvalue weighted by atomic mass is 15.1. The topological polar surface area (TPSA) is 24.1 Å². The highest BCUT2D eigenvalue weighted by Crippen LogP contribution is 2.44. The number of hydrogen-bond acceptors (Lipinski definition) is 2. The maximum Gasteiger partial charge on any atom is 0.0618 e. The van der Waals surface area contributed by atoms with Gasteiger partial charge in [-0.25, -0.2) is 0 Å². The molecule has 1 aliphatic carbocycles. The summed E-state index contributed by atoms with van der Waals surface area (Å²) in [7, 11) is 0. The molecule has 0 amide bonds. The Morgan fingerprint density at radius 3 is 1.20 bits per heavy atom. The zero-order valence-electron chi connectivity index (χ0n) is 14.4. The fourth-order valence-corrected chi connectivity index (χ4v) is 3.14. The number of allylic oxidation sites excluding steroid dienone is 4. The Balaban J connectivity index is 2.65. The molecule has 2 rings (SSSR count). The van der Waals surface area contributed by atoms with Crippen LogP contribution in [0.4, 0.5) is 0 Å². The second kappa shape index (κ2) is 4.68. The Kier molecular flexibility index (Phi) is 3.56. The minimum Gasteiger partial charge on any atom is -0.356 e. The minimum absolute atomic E-state index is 0.213. The van der Waals surface area contributed by atoms with E-state index in [0.29, 0.717) is 0 Å². The van der Waals surface area contributed by atoms with Gasteiger partial charge in [0.1, 0.15) is 0 Å². The predicted octanol–water partition coefficient (Wildman–Crippen LogP) is 4.82. The molecule has 2 heteroatoms. The molecule has 1 aliphatic heterocycles. The fraction of sp³-hybridized carbons (Fsp3) is 0.667. The van der Waals surface area contributed by atoms with Crippen LogP contribution in [0.15, 0.2) is 33.9 Å². The Labute approximate surface area is 124 Å². The second-order valence-corrected chi connectivity index (χ2v) is 8.21. The Hall–Kier alpha value is -1.18. The predicted molar refractivity (Wildman–Crippen MR) is 86.8 cm³/mol. The van der Waals surface area contributed by atoms with Crippen molar-refractivity contribution in [2.75, 3.05) is 0 Å². The lowest BCUT2D eigenvalue weighted by Crippen LogP contribution is -2.37. The van der Waals surface area contributed by atoms with Crippen molar-refractivity contribution in [3.63, 3.8) is 0 Å².